The number of hydrogen-bond donors (Lipinski definition) is 1. The van der Waals surface area contributed by atoms with Crippen LogP contribution in [0.3, 0.4) is 0 Å². The Bertz CT molecular complexity index is 1450. The molecular weight excluding hydrogens is 436 g/mol. The number of rotatable bonds is 4. The average Bonchev–Trinajstić information content (AvgIpc) is 3.10. The number of para-hydroxylation sites is 1. The molecule has 0 aliphatic rings. The first-order valence-electron chi connectivity index (χ1n) is 10.5. The summed E-state index contributed by atoms with van der Waals surface area (Å²) in [6.07, 6.45) is 0. The fourth-order valence-electron chi connectivity index (χ4n) is 3.41. The smallest absolute Gasteiger partial charge is 0.350 e. The van der Waals surface area contributed by atoms with Gasteiger partial charge in [0.05, 0.1) is 29.2 Å². The summed E-state index contributed by atoms with van der Waals surface area (Å²) in [5.41, 5.74) is 10.4. The lowest BCUT2D eigenvalue weighted by atomic mass is 10.2. The molecule has 0 aliphatic carbocycles. The zero-order chi connectivity index (χ0) is 23.5. The van der Waals surface area contributed by atoms with Crippen molar-refractivity contribution in [2.45, 2.75) is 27.7 Å². The molecule has 0 unspecified atom stereocenters. The van der Waals surface area contributed by atoms with Gasteiger partial charge in [-0.15, -0.1) is 0 Å². The molecule has 4 rings (SSSR count). The summed E-state index contributed by atoms with van der Waals surface area (Å²) in [6.45, 7) is 7.72. The van der Waals surface area contributed by atoms with Crippen molar-refractivity contribution in [1.82, 2.24) is 14.5 Å². The Labute approximate surface area is 195 Å². The predicted molar refractivity (Wildman–Crippen MR) is 130 cm³/mol. The van der Waals surface area contributed by atoms with Gasteiger partial charge < -0.3 is 10.5 Å². The van der Waals surface area contributed by atoms with E-state index in [4.69, 9.17) is 15.5 Å². The van der Waals surface area contributed by atoms with Crippen molar-refractivity contribution in [2.75, 3.05) is 6.61 Å². The number of aryl methyl sites for hydroxylation is 2. The Morgan fingerprint density at radius 1 is 1.12 bits per heavy atom. The van der Waals surface area contributed by atoms with E-state index in [0.29, 0.717) is 15.4 Å². The normalized spacial score (nSPS) is 12.4. The number of carbonyl (C=O) groups is 1. The maximum Gasteiger partial charge on any atom is 0.350 e. The van der Waals surface area contributed by atoms with Crippen LogP contribution in [0.5, 0.6) is 0 Å². The van der Waals surface area contributed by atoms with E-state index in [2.05, 4.69) is 15.0 Å². The van der Waals surface area contributed by atoms with E-state index in [9.17, 15) is 4.79 Å². The first-order valence-corrected chi connectivity index (χ1v) is 11.3. The lowest BCUT2D eigenvalue weighted by Crippen LogP contribution is -2.31. The summed E-state index contributed by atoms with van der Waals surface area (Å²) >= 11 is 1.20. The Kier molecular flexibility index (Phi) is 6.32. The number of aromatic nitrogens is 3. The molecule has 2 heterocycles. The van der Waals surface area contributed by atoms with E-state index in [0.717, 1.165) is 27.8 Å². The number of benzene rings is 2. The van der Waals surface area contributed by atoms with Crippen molar-refractivity contribution in [3.05, 3.63) is 75.2 Å². The van der Waals surface area contributed by atoms with Crippen molar-refractivity contribution in [3.63, 3.8) is 0 Å². The minimum Gasteiger partial charge on any atom is -0.462 e. The number of nitrogens with zero attached hydrogens (tertiary/aromatic N) is 5. The average molecular weight is 461 g/mol. The molecule has 33 heavy (non-hydrogen) atoms. The zero-order valence-electron chi connectivity index (χ0n) is 18.9. The van der Waals surface area contributed by atoms with Crippen LogP contribution in [0.4, 0.5) is 11.6 Å². The van der Waals surface area contributed by atoms with E-state index in [1.807, 2.05) is 62.4 Å². The third-order valence-electron chi connectivity index (χ3n) is 4.96. The minimum atomic E-state index is -0.426. The molecule has 0 saturated carbocycles. The molecule has 0 fully saturated rings. The highest BCUT2D eigenvalue weighted by atomic mass is 32.1. The maximum atomic E-state index is 12.5. The molecule has 168 valence electrons. The van der Waals surface area contributed by atoms with Crippen LogP contribution in [0.25, 0.3) is 10.9 Å². The van der Waals surface area contributed by atoms with E-state index in [1.165, 1.54) is 11.3 Å². The lowest BCUT2D eigenvalue weighted by molar-refractivity contribution is 0.0531. The van der Waals surface area contributed by atoms with Crippen molar-refractivity contribution in [1.29, 1.82) is 0 Å². The molecule has 2 aromatic carbocycles. The molecule has 0 aliphatic heterocycles. The largest absolute Gasteiger partial charge is 0.462 e. The third kappa shape index (κ3) is 4.68. The van der Waals surface area contributed by atoms with Gasteiger partial charge in [-0.05, 0) is 51.5 Å². The lowest BCUT2D eigenvalue weighted by Gasteiger charge is -2.07. The summed E-state index contributed by atoms with van der Waals surface area (Å²) in [7, 11) is 0. The van der Waals surface area contributed by atoms with Gasteiger partial charge in [0.25, 0.3) is 5.95 Å². The highest BCUT2D eigenvalue weighted by Crippen LogP contribution is 2.20. The van der Waals surface area contributed by atoms with Crippen molar-refractivity contribution >= 4 is 45.8 Å². The quantitative estimate of drug-likeness (QED) is 0.277. The Morgan fingerprint density at radius 2 is 1.91 bits per heavy atom. The number of nitrogens with two attached hydrogens (primary N) is 1. The third-order valence-corrected chi connectivity index (χ3v) is 6.08. The molecule has 0 amide bonds. The Balaban J connectivity index is 1.89. The molecule has 4 aromatic rings. The van der Waals surface area contributed by atoms with Crippen molar-refractivity contribution in [2.24, 2.45) is 15.7 Å². The highest BCUT2D eigenvalue weighted by molar-refractivity contribution is 7.11. The second-order valence-electron chi connectivity index (χ2n) is 7.40. The summed E-state index contributed by atoms with van der Waals surface area (Å²) in [5, 5.41) is 0.953. The van der Waals surface area contributed by atoms with Crippen molar-refractivity contribution < 1.29 is 9.53 Å². The molecule has 0 spiro atoms. The molecule has 0 saturated heterocycles. The fraction of sp³-hybridized carbons (Fsp3) is 0.208. The molecular formula is C24H24N6O2S. The van der Waals surface area contributed by atoms with Gasteiger partial charge in [0, 0.05) is 5.39 Å². The molecule has 2 aromatic heterocycles. The van der Waals surface area contributed by atoms with Gasteiger partial charge >= 0.3 is 5.97 Å². The summed E-state index contributed by atoms with van der Waals surface area (Å²) < 4.78 is 6.85. The van der Waals surface area contributed by atoms with Gasteiger partial charge in [0.2, 0.25) is 5.96 Å². The first-order chi connectivity index (χ1) is 15.9. The summed E-state index contributed by atoms with van der Waals surface area (Å²) in [5.74, 6) is -0.0774. The van der Waals surface area contributed by atoms with E-state index in [-0.39, 0.29) is 18.5 Å². The number of carbonyl (C=O) groups excluding carboxylic acids is 1. The molecule has 0 radical (unpaired) electrons. The van der Waals surface area contributed by atoms with Crippen LogP contribution in [-0.2, 0) is 4.74 Å². The van der Waals surface area contributed by atoms with Gasteiger partial charge in [-0.3, -0.25) is 4.57 Å². The van der Waals surface area contributed by atoms with Gasteiger partial charge in [-0.25, -0.2) is 19.8 Å². The molecule has 9 heteroatoms. The molecule has 0 atom stereocenters. The van der Waals surface area contributed by atoms with Crippen LogP contribution in [0.2, 0.25) is 0 Å². The predicted octanol–water partition coefficient (Wildman–Crippen LogP) is 4.32. The number of fused-ring (bicyclic) bond motifs is 1. The van der Waals surface area contributed by atoms with Crippen LogP contribution in [0.1, 0.15) is 33.5 Å². The van der Waals surface area contributed by atoms with E-state index < -0.39 is 5.97 Å². The number of aliphatic imine (C=N–C) groups is 1. The minimum absolute atomic E-state index is 0.111. The van der Waals surface area contributed by atoms with E-state index >= 15 is 0 Å². The van der Waals surface area contributed by atoms with Gasteiger partial charge in [-0.1, -0.05) is 41.7 Å². The number of ether oxygens (including phenoxy) is 1. The van der Waals surface area contributed by atoms with Gasteiger partial charge in [0.15, 0.2) is 4.80 Å². The zero-order valence-corrected chi connectivity index (χ0v) is 19.7. The first kappa shape index (κ1) is 22.3. The monoisotopic (exact) mass is 460 g/mol. The second kappa shape index (κ2) is 9.33. The standard InChI is InChI=1S/C24H24N6O2S/c1-5-32-21(31)20-16(4)30(24(33-20)27-17-10-8-9-14(2)13-17)22(25)29-23-26-15(3)18-11-6-7-12-19(18)28-23/h6-13H,5H2,1-4H3,(H2,25,26,28,29). The highest BCUT2D eigenvalue weighted by Gasteiger charge is 2.20. The number of thiazole rings is 1. The van der Waals surface area contributed by atoms with Crippen LogP contribution >= 0.6 is 11.3 Å². The van der Waals surface area contributed by atoms with Gasteiger partial charge in [0.1, 0.15) is 4.88 Å². The topological polar surface area (TPSA) is 108 Å². The van der Waals surface area contributed by atoms with Crippen molar-refractivity contribution in [3.8, 4) is 0 Å². The summed E-state index contributed by atoms with van der Waals surface area (Å²) in [4.78, 5) is 31.6. The second-order valence-corrected chi connectivity index (χ2v) is 8.38. The fourth-order valence-corrected chi connectivity index (χ4v) is 4.45. The molecule has 2 N–H and O–H groups in total. The van der Waals surface area contributed by atoms with Crippen LogP contribution in [0, 0.1) is 20.8 Å². The SMILES string of the molecule is CCOC(=O)c1sc(=Nc2cccc(C)c2)n(/C(N)=N/c2nc(C)c3ccccc3n2)c1C. The molecule has 8 nitrogen and oxygen atoms in total. The van der Waals surface area contributed by atoms with Gasteiger partial charge in [-0.2, -0.15) is 4.99 Å². The van der Waals surface area contributed by atoms with Crippen LogP contribution < -0.4 is 10.5 Å². The number of hydrogen-bond acceptors (Lipinski definition) is 7. The van der Waals surface area contributed by atoms with Crippen LogP contribution in [0.15, 0.2) is 58.5 Å². The molecule has 0 bridgehead atoms. The Morgan fingerprint density at radius 3 is 2.67 bits per heavy atom. The van der Waals surface area contributed by atoms with Crippen LogP contribution in [-0.4, -0.2) is 33.1 Å². The maximum absolute atomic E-state index is 12.5. The number of esters is 1. The van der Waals surface area contributed by atoms with E-state index in [1.54, 1.807) is 18.4 Å². The summed E-state index contributed by atoms with van der Waals surface area (Å²) in [6, 6.07) is 15.5. The Hall–Kier alpha value is -3.85.